The van der Waals surface area contributed by atoms with Crippen molar-refractivity contribution >= 4 is 11.2 Å². The van der Waals surface area contributed by atoms with Gasteiger partial charge in [0.25, 0.3) is 0 Å². The van der Waals surface area contributed by atoms with Crippen LogP contribution in [0.2, 0.25) is 0 Å². The minimum absolute atomic E-state index is 1.06. The van der Waals surface area contributed by atoms with Gasteiger partial charge in [0.1, 0.15) is 11.2 Å². The number of hydrogen-bond acceptors (Lipinski definition) is 1. The summed E-state index contributed by atoms with van der Waals surface area (Å²) >= 11 is 0. The molecule has 2 bridgehead atoms. The van der Waals surface area contributed by atoms with Gasteiger partial charge in [0, 0.05) is 0 Å². The smallest absolute Gasteiger partial charge is 0.134 e. The first-order chi connectivity index (χ1) is 5.24. The topological polar surface area (TPSA) is 13.1 Å². The SMILES string of the molecule is CCc1cc2oc1c(C)c2C. The van der Waals surface area contributed by atoms with E-state index in [1.54, 1.807) is 0 Å². The summed E-state index contributed by atoms with van der Waals surface area (Å²) in [5.41, 5.74) is 6.15. The molecule has 0 amide bonds. The van der Waals surface area contributed by atoms with Crippen LogP contribution in [0.4, 0.5) is 0 Å². The molecule has 0 aliphatic heterocycles. The van der Waals surface area contributed by atoms with Gasteiger partial charge in [0.05, 0.1) is 0 Å². The fourth-order valence-electron chi connectivity index (χ4n) is 1.55. The lowest BCUT2D eigenvalue weighted by molar-refractivity contribution is 0.670. The molecule has 2 aromatic heterocycles. The van der Waals surface area contributed by atoms with E-state index in [0.29, 0.717) is 0 Å². The molecule has 0 radical (unpaired) electrons. The Balaban J connectivity index is 2.77. The number of aryl methyl sites for hydroxylation is 3. The van der Waals surface area contributed by atoms with Gasteiger partial charge in [-0.25, -0.2) is 0 Å². The Labute approximate surface area is 66.3 Å². The van der Waals surface area contributed by atoms with Gasteiger partial charge in [-0.15, -0.1) is 0 Å². The van der Waals surface area contributed by atoms with Gasteiger partial charge in [-0.1, -0.05) is 6.92 Å². The number of furan rings is 2. The van der Waals surface area contributed by atoms with Gasteiger partial charge >= 0.3 is 0 Å². The molecule has 0 aromatic carbocycles. The summed E-state index contributed by atoms with van der Waals surface area (Å²) in [6, 6.07) is 2.15. The van der Waals surface area contributed by atoms with Crippen molar-refractivity contribution in [2.24, 2.45) is 0 Å². The van der Waals surface area contributed by atoms with Crippen LogP contribution in [0.1, 0.15) is 23.6 Å². The Hall–Kier alpha value is -0.980. The summed E-state index contributed by atoms with van der Waals surface area (Å²) < 4.78 is 5.57. The zero-order valence-electron chi connectivity index (χ0n) is 7.19. The highest BCUT2D eigenvalue weighted by Gasteiger charge is 2.13. The molecule has 0 saturated heterocycles. The molecular weight excluding hydrogens is 136 g/mol. The van der Waals surface area contributed by atoms with E-state index < -0.39 is 0 Å². The molecule has 1 heteroatoms. The van der Waals surface area contributed by atoms with Gasteiger partial charge in [-0.2, -0.15) is 0 Å². The highest BCUT2D eigenvalue weighted by Crippen LogP contribution is 2.31. The Morgan fingerprint density at radius 1 is 1.27 bits per heavy atom. The van der Waals surface area contributed by atoms with E-state index >= 15 is 0 Å². The molecule has 58 valence electrons. The first kappa shape index (κ1) is 6.71. The number of rotatable bonds is 1. The Kier molecular flexibility index (Phi) is 1.22. The quantitative estimate of drug-likeness (QED) is 0.605. The average molecular weight is 148 g/mol. The molecule has 0 aliphatic carbocycles. The van der Waals surface area contributed by atoms with Gasteiger partial charge in [0.2, 0.25) is 0 Å². The lowest BCUT2D eigenvalue weighted by Crippen LogP contribution is -1.82. The van der Waals surface area contributed by atoms with Crippen LogP contribution in [0.25, 0.3) is 11.2 Å². The zero-order valence-corrected chi connectivity index (χ0v) is 7.19. The van der Waals surface area contributed by atoms with Gasteiger partial charge in [-0.05, 0) is 43.0 Å². The minimum Gasteiger partial charge on any atom is -0.456 e. The molecule has 11 heavy (non-hydrogen) atoms. The van der Waals surface area contributed by atoms with E-state index in [2.05, 4.69) is 26.8 Å². The van der Waals surface area contributed by atoms with Crippen molar-refractivity contribution in [3.05, 3.63) is 22.8 Å². The molecule has 0 saturated carbocycles. The van der Waals surface area contributed by atoms with E-state index in [1.807, 2.05) is 0 Å². The number of hydrogen-bond donors (Lipinski definition) is 0. The molecule has 2 heterocycles. The first-order valence-corrected chi connectivity index (χ1v) is 4.05. The van der Waals surface area contributed by atoms with Gasteiger partial charge in [-0.3, -0.25) is 0 Å². The highest BCUT2D eigenvalue weighted by molar-refractivity contribution is 5.75. The molecule has 0 unspecified atom stereocenters. The van der Waals surface area contributed by atoms with E-state index in [0.717, 1.165) is 17.6 Å². The number of benzene rings is 1. The fourth-order valence-corrected chi connectivity index (χ4v) is 1.55. The van der Waals surface area contributed by atoms with Crippen LogP contribution >= 0.6 is 0 Å². The summed E-state index contributed by atoms with van der Waals surface area (Å²) in [6.45, 7) is 6.40. The van der Waals surface area contributed by atoms with Crippen molar-refractivity contribution in [1.82, 2.24) is 0 Å². The molecule has 2 aromatic rings. The zero-order chi connectivity index (χ0) is 8.01. The monoisotopic (exact) mass is 148 g/mol. The molecule has 0 spiro atoms. The summed E-state index contributed by atoms with van der Waals surface area (Å²) in [6.07, 6.45) is 1.07. The van der Waals surface area contributed by atoms with E-state index in [9.17, 15) is 0 Å². The molecular formula is C10H12O. The summed E-state index contributed by atoms with van der Waals surface area (Å²) in [4.78, 5) is 0. The maximum atomic E-state index is 5.57. The number of fused-ring (bicyclic) bond motifs is 2. The standard InChI is InChI=1S/C10H12O/c1-4-8-5-9-6(2)7(3)10(8)11-9/h5H,4H2,1-3H3. The lowest BCUT2D eigenvalue weighted by atomic mass is 10.1. The van der Waals surface area contributed by atoms with Crippen LogP contribution in [0.3, 0.4) is 0 Å². The van der Waals surface area contributed by atoms with Crippen molar-refractivity contribution < 1.29 is 4.42 Å². The van der Waals surface area contributed by atoms with Crippen molar-refractivity contribution in [1.29, 1.82) is 0 Å². The van der Waals surface area contributed by atoms with Crippen LogP contribution < -0.4 is 0 Å². The predicted molar refractivity (Wildman–Crippen MR) is 46.3 cm³/mol. The summed E-state index contributed by atoms with van der Waals surface area (Å²) in [7, 11) is 0. The van der Waals surface area contributed by atoms with E-state index in [1.165, 1.54) is 16.7 Å². The second-order valence-electron chi connectivity index (χ2n) is 3.07. The Morgan fingerprint density at radius 2 is 2.00 bits per heavy atom. The van der Waals surface area contributed by atoms with Crippen molar-refractivity contribution in [3.63, 3.8) is 0 Å². The largest absolute Gasteiger partial charge is 0.456 e. The fraction of sp³-hybridized carbons (Fsp3) is 0.400. The lowest BCUT2D eigenvalue weighted by Gasteiger charge is -1.94. The Bertz CT molecular complexity index is 370. The van der Waals surface area contributed by atoms with Crippen molar-refractivity contribution in [3.8, 4) is 0 Å². The summed E-state index contributed by atoms with van der Waals surface area (Å²) in [5, 5.41) is 0. The van der Waals surface area contributed by atoms with E-state index in [4.69, 9.17) is 4.42 Å². The Morgan fingerprint density at radius 3 is 2.45 bits per heavy atom. The maximum Gasteiger partial charge on any atom is 0.134 e. The molecule has 0 N–H and O–H groups in total. The van der Waals surface area contributed by atoms with Crippen LogP contribution in [0, 0.1) is 13.8 Å². The van der Waals surface area contributed by atoms with Crippen LogP contribution in [-0.4, -0.2) is 0 Å². The first-order valence-electron chi connectivity index (χ1n) is 4.05. The third kappa shape index (κ3) is 0.710. The van der Waals surface area contributed by atoms with Gasteiger partial charge in [0.15, 0.2) is 0 Å². The second kappa shape index (κ2) is 2.00. The maximum absolute atomic E-state index is 5.57. The molecule has 2 rings (SSSR count). The summed E-state index contributed by atoms with van der Waals surface area (Å²) in [5.74, 6) is 0. The third-order valence-corrected chi connectivity index (χ3v) is 2.46. The minimum atomic E-state index is 1.06. The van der Waals surface area contributed by atoms with Crippen LogP contribution in [0.15, 0.2) is 10.5 Å². The second-order valence-corrected chi connectivity index (χ2v) is 3.07. The highest BCUT2D eigenvalue weighted by atomic mass is 16.3. The van der Waals surface area contributed by atoms with Crippen LogP contribution in [0.5, 0.6) is 0 Å². The third-order valence-electron chi connectivity index (χ3n) is 2.46. The van der Waals surface area contributed by atoms with Crippen molar-refractivity contribution in [2.45, 2.75) is 27.2 Å². The van der Waals surface area contributed by atoms with Crippen LogP contribution in [-0.2, 0) is 6.42 Å². The molecule has 1 nitrogen and oxygen atoms in total. The average Bonchev–Trinajstić information content (AvgIpc) is 2.53. The predicted octanol–water partition coefficient (Wildman–Crippen LogP) is 3.05. The van der Waals surface area contributed by atoms with Crippen molar-refractivity contribution in [2.75, 3.05) is 0 Å². The normalized spacial score (nSPS) is 11.5. The molecule has 0 fully saturated rings. The molecule has 0 atom stereocenters. The molecule has 0 aliphatic rings. The van der Waals surface area contributed by atoms with E-state index in [-0.39, 0.29) is 0 Å². The van der Waals surface area contributed by atoms with Gasteiger partial charge < -0.3 is 4.42 Å².